The lowest BCUT2D eigenvalue weighted by Gasteiger charge is -2.12. The van der Waals surface area contributed by atoms with Crippen LogP contribution in [0.5, 0.6) is 11.5 Å². The third kappa shape index (κ3) is 4.11. The Labute approximate surface area is 153 Å². The summed E-state index contributed by atoms with van der Waals surface area (Å²) in [6, 6.07) is 5.91. The fourth-order valence-electron chi connectivity index (χ4n) is 3.33. The second-order valence-corrected chi connectivity index (χ2v) is 6.54. The molecule has 2 atom stereocenters. The van der Waals surface area contributed by atoms with Gasteiger partial charge in [-0.05, 0) is 31.7 Å². The molecule has 2 aromatic rings. The third-order valence-electron chi connectivity index (χ3n) is 4.77. The van der Waals surface area contributed by atoms with E-state index in [0.29, 0.717) is 13.1 Å². The van der Waals surface area contributed by atoms with Crippen LogP contribution in [0.3, 0.4) is 0 Å². The lowest BCUT2D eigenvalue weighted by molar-refractivity contribution is -0.131. The molecule has 26 heavy (non-hydrogen) atoms. The molecule has 1 aliphatic heterocycles. The second kappa shape index (κ2) is 8.42. The Balaban J connectivity index is 1.51. The maximum atomic E-state index is 12.1. The number of carbonyl (C=O) groups is 1. The van der Waals surface area contributed by atoms with Gasteiger partial charge in [-0.25, -0.2) is 0 Å². The van der Waals surface area contributed by atoms with Crippen molar-refractivity contribution in [2.45, 2.75) is 37.9 Å². The fraction of sp³-hybridized carbons (Fsp3) is 0.526. The molecule has 1 aliphatic rings. The van der Waals surface area contributed by atoms with Crippen molar-refractivity contribution in [3.8, 4) is 11.5 Å². The van der Waals surface area contributed by atoms with Gasteiger partial charge in [0, 0.05) is 36.3 Å². The average molecular weight is 361 g/mol. The molecule has 1 aromatic heterocycles. The Morgan fingerprint density at radius 3 is 2.85 bits per heavy atom. The highest BCUT2D eigenvalue weighted by molar-refractivity contribution is 5.88. The number of aromatic nitrogens is 1. The number of nitrogens with one attached hydrogen (secondary N) is 2. The zero-order chi connectivity index (χ0) is 18.5. The lowest BCUT2D eigenvalue weighted by Crippen LogP contribution is -2.36. The van der Waals surface area contributed by atoms with Gasteiger partial charge in [0.25, 0.3) is 0 Å². The van der Waals surface area contributed by atoms with E-state index in [4.69, 9.17) is 19.9 Å². The number of fused-ring (bicyclic) bond motifs is 1. The van der Waals surface area contributed by atoms with Gasteiger partial charge >= 0.3 is 0 Å². The molecule has 142 valence electrons. The van der Waals surface area contributed by atoms with Gasteiger partial charge in [-0.1, -0.05) is 0 Å². The second-order valence-electron chi connectivity index (χ2n) is 6.54. The topological polar surface area (TPSA) is 98.6 Å². The maximum Gasteiger partial charge on any atom is 0.249 e. The van der Waals surface area contributed by atoms with Crippen LogP contribution in [0.15, 0.2) is 18.2 Å². The quantitative estimate of drug-likeness (QED) is 0.622. The monoisotopic (exact) mass is 361 g/mol. The Morgan fingerprint density at radius 2 is 2.15 bits per heavy atom. The summed E-state index contributed by atoms with van der Waals surface area (Å²) in [6.45, 7) is 1.08. The smallest absolute Gasteiger partial charge is 0.249 e. The van der Waals surface area contributed by atoms with Gasteiger partial charge < -0.3 is 30.2 Å². The van der Waals surface area contributed by atoms with E-state index in [0.717, 1.165) is 53.8 Å². The Hall–Kier alpha value is -2.25. The van der Waals surface area contributed by atoms with E-state index in [-0.39, 0.29) is 18.1 Å². The normalized spacial score (nSPS) is 19.7. The molecule has 0 aliphatic carbocycles. The standard InChI is InChI=1S/C19H27N3O4/c1-24-14-9-16-15(18(10-14)25-2)8-12(22-16)4-3-7-21-19(23)17-6-5-13(11-20)26-17/h8-10,13,17,22H,3-7,11,20H2,1-2H3,(H,21,23)/t13-,17+/m1/s1. The molecule has 4 N–H and O–H groups in total. The van der Waals surface area contributed by atoms with Crippen molar-refractivity contribution in [1.82, 2.24) is 10.3 Å². The third-order valence-corrected chi connectivity index (χ3v) is 4.77. The van der Waals surface area contributed by atoms with Crippen LogP contribution in [0, 0.1) is 0 Å². The summed E-state index contributed by atoms with van der Waals surface area (Å²) in [6.07, 6.45) is 2.94. The molecule has 1 amide bonds. The highest BCUT2D eigenvalue weighted by Crippen LogP contribution is 2.31. The molecule has 0 spiro atoms. The maximum absolute atomic E-state index is 12.1. The van der Waals surface area contributed by atoms with Gasteiger partial charge in [-0.3, -0.25) is 4.79 Å². The molecule has 7 nitrogen and oxygen atoms in total. The summed E-state index contributed by atoms with van der Waals surface area (Å²) in [4.78, 5) is 15.5. The number of nitrogens with two attached hydrogens (primary N) is 1. The molecule has 0 saturated carbocycles. The van der Waals surface area contributed by atoms with Crippen LogP contribution in [0.1, 0.15) is 25.0 Å². The van der Waals surface area contributed by atoms with E-state index in [9.17, 15) is 4.79 Å². The summed E-state index contributed by atoms with van der Waals surface area (Å²) < 4.78 is 16.3. The minimum absolute atomic E-state index is 0.0177. The van der Waals surface area contributed by atoms with Crippen molar-refractivity contribution in [2.75, 3.05) is 27.3 Å². The van der Waals surface area contributed by atoms with E-state index in [2.05, 4.69) is 16.4 Å². The van der Waals surface area contributed by atoms with Crippen molar-refractivity contribution in [2.24, 2.45) is 5.73 Å². The summed E-state index contributed by atoms with van der Waals surface area (Å²) in [5.74, 6) is 1.49. The summed E-state index contributed by atoms with van der Waals surface area (Å²) >= 11 is 0. The number of rotatable bonds is 8. The molecular formula is C19H27N3O4. The van der Waals surface area contributed by atoms with Crippen LogP contribution in [-0.4, -0.2) is 50.4 Å². The first-order valence-electron chi connectivity index (χ1n) is 9.01. The lowest BCUT2D eigenvalue weighted by atomic mass is 10.2. The Bertz CT molecular complexity index is 759. The molecule has 1 fully saturated rings. The Morgan fingerprint density at radius 1 is 1.31 bits per heavy atom. The number of benzene rings is 1. The average Bonchev–Trinajstić information content (AvgIpc) is 3.30. The van der Waals surface area contributed by atoms with Crippen LogP contribution in [0.25, 0.3) is 10.9 Å². The van der Waals surface area contributed by atoms with Crippen molar-refractivity contribution in [3.05, 3.63) is 23.9 Å². The number of hydrogen-bond acceptors (Lipinski definition) is 5. The van der Waals surface area contributed by atoms with E-state index < -0.39 is 0 Å². The van der Waals surface area contributed by atoms with E-state index in [1.807, 2.05) is 12.1 Å². The van der Waals surface area contributed by atoms with E-state index >= 15 is 0 Å². The predicted octanol–water partition coefficient (Wildman–Crippen LogP) is 1.74. The molecule has 3 rings (SSSR count). The minimum atomic E-state index is -0.353. The first kappa shape index (κ1) is 18.5. The number of carbonyl (C=O) groups excluding carboxylic acids is 1. The number of amides is 1. The molecular weight excluding hydrogens is 334 g/mol. The molecule has 1 aromatic carbocycles. The predicted molar refractivity (Wildman–Crippen MR) is 99.7 cm³/mol. The van der Waals surface area contributed by atoms with Gasteiger partial charge in [0.2, 0.25) is 5.91 Å². The first-order chi connectivity index (χ1) is 12.6. The van der Waals surface area contributed by atoms with Crippen LogP contribution in [0.4, 0.5) is 0 Å². The highest BCUT2D eigenvalue weighted by atomic mass is 16.5. The first-order valence-corrected chi connectivity index (χ1v) is 9.01. The summed E-state index contributed by atoms with van der Waals surface area (Å²) in [7, 11) is 3.29. The zero-order valence-electron chi connectivity index (χ0n) is 15.3. The number of aryl methyl sites for hydroxylation is 1. The number of H-pyrrole nitrogens is 1. The molecule has 0 unspecified atom stereocenters. The van der Waals surface area contributed by atoms with Crippen LogP contribution in [0.2, 0.25) is 0 Å². The largest absolute Gasteiger partial charge is 0.497 e. The summed E-state index contributed by atoms with van der Waals surface area (Å²) in [5, 5.41) is 3.98. The van der Waals surface area contributed by atoms with Gasteiger partial charge in [0.15, 0.2) is 0 Å². The molecule has 2 heterocycles. The summed E-state index contributed by atoms with van der Waals surface area (Å²) in [5.41, 5.74) is 7.65. The van der Waals surface area contributed by atoms with Crippen LogP contribution < -0.4 is 20.5 Å². The van der Waals surface area contributed by atoms with Gasteiger partial charge in [-0.15, -0.1) is 0 Å². The zero-order valence-corrected chi connectivity index (χ0v) is 15.3. The minimum Gasteiger partial charge on any atom is -0.497 e. The molecule has 0 radical (unpaired) electrons. The van der Waals surface area contributed by atoms with Crippen LogP contribution in [-0.2, 0) is 16.0 Å². The fourth-order valence-corrected chi connectivity index (χ4v) is 3.33. The van der Waals surface area contributed by atoms with E-state index in [1.165, 1.54) is 0 Å². The van der Waals surface area contributed by atoms with Crippen molar-refractivity contribution >= 4 is 16.8 Å². The number of aromatic amines is 1. The van der Waals surface area contributed by atoms with Crippen LogP contribution >= 0.6 is 0 Å². The van der Waals surface area contributed by atoms with Gasteiger partial charge in [-0.2, -0.15) is 0 Å². The highest BCUT2D eigenvalue weighted by Gasteiger charge is 2.29. The van der Waals surface area contributed by atoms with Crippen molar-refractivity contribution in [3.63, 3.8) is 0 Å². The number of methoxy groups -OCH3 is 2. The molecule has 1 saturated heterocycles. The van der Waals surface area contributed by atoms with Crippen molar-refractivity contribution in [1.29, 1.82) is 0 Å². The van der Waals surface area contributed by atoms with E-state index in [1.54, 1.807) is 14.2 Å². The van der Waals surface area contributed by atoms with Gasteiger partial charge in [0.05, 0.1) is 25.8 Å². The SMILES string of the molecule is COc1cc(OC)c2cc(CCCNC(=O)[C@@H]3CC[C@H](CN)O3)[nH]c2c1. The number of hydrogen-bond donors (Lipinski definition) is 3. The molecule has 7 heteroatoms. The van der Waals surface area contributed by atoms with Crippen molar-refractivity contribution < 1.29 is 19.0 Å². The van der Waals surface area contributed by atoms with Gasteiger partial charge in [0.1, 0.15) is 17.6 Å². The number of ether oxygens (including phenoxy) is 3. The molecule has 0 bridgehead atoms. The Kier molecular flexibility index (Phi) is 6.00.